The molecule has 5 nitrogen and oxygen atoms in total. The van der Waals surface area contributed by atoms with Gasteiger partial charge in [-0.05, 0) is 63.6 Å². The van der Waals surface area contributed by atoms with E-state index in [9.17, 15) is 4.39 Å². The van der Waals surface area contributed by atoms with E-state index in [1.165, 1.54) is 17.7 Å². The van der Waals surface area contributed by atoms with Crippen LogP contribution in [0.2, 0.25) is 0 Å². The van der Waals surface area contributed by atoms with E-state index >= 15 is 0 Å². The lowest BCUT2D eigenvalue weighted by Gasteiger charge is -2.42. The van der Waals surface area contributed by atoms with Crippen LogP contribution >= 0.6 is 0 Å². The molecule has 0 saturated carbocycles. The Morgan fingerprint density at radius 1 is 1.16 bits per heavy atom. The molecule has 4 rings (SSSR count). The molecule has 1 aliphatic rings. The Labute approximate surface area is 189 Å². The van der Waals surface area contributed by atoms with Gasteiger partial charge in [0.05, 0.1) is 12.1 Å². The van der Waals surface area contributed by atoms with Crippen LogP contribution in [0.4, 0.5) is 15.9 Å². The number of anilines is 2. The number of nitrogens with one attached hydrogen (secondary N) is 1. The Hall–Kier alpha value is -3.12. The highest BCUT2D eigenvalue weighted by Gasteiger charge is 2.36. The number of halogens is 1. The monoisotopic (exact) mass is 433 g/mol. The number of hydrogen-bond donors (Lipinski definition) is 2. The topological polar surface area (TPSA) is 59.1 Å². The predicted molar refractivity (Wildman–Crippen MR) is 129 cm³/mol. The fourth-order valence-corrected chi connectivity index (χ4v) is 4.47. The highest BCUT2D eigenvalue weighted by atomic mass is 19.1. The van der Waals surface area contributed by atoms with Crippen molar-refractivity contribution in [1.82, 2.24) is 14.5 Å². The zero-order valence-corrected chi connectivity index (χ0v) is 19.3. The van der Waals surface area contributed by atoms with E-state index in [0.717, 1.165) is 47.2 Å². The van der Waals surface area contributed by atoms with Gasteiger partial charge in [-0.15, -0.1) is 0 Å². The molecule has 6 heteroatoms. The number of aromatic nitrogens is 2. The Morgan fingerprint density at radius 2 is 1.84 bits per heavy atom. The molecule has 3 N–H and O–H groups in total. The summed E-state index contributed by atoms with van der Waals surface area (Å²) in [7, 11) is 0. The first kappa shape index (κ1) is 22.1. The van der Waals surface area contributed by atoms with E-state index in [2.05, 4.69) is 72.8 Å². The molecule has 2 heterocycles. The molecule has 0 unspecified atom stereocenters. The van der Waals surface area contributed by atoms with E-state index in [0.29, 0.717) is 13.1 Å². The van der Waals surface area contributed by atoms with Crippen molar-refractivity contribution in [3.05, 3.63) is 77.5 Å². The third kappa shape index (κ3) is 4.28. The number of nitrogens with two attached hydrogens (primary N) is 1. The Balaban J connectivity index is 1.84. The molecular weight excluding hydrogens is 401 g/mol. The predicted octanol–water partition coefficient (Wildman–Crippen LogP) is 5.54. The second-order valence-electron chi connectivity index (χ2n) is 9.03. The molecule has 0 radical (unpaired) electrons. The first-order chi connectivity index (χ1) is 15.3. The van der Waals surface area contributed by atoms with Crippen LogP contribution in [0.15, 0.2) is 60.3 Å². The molecule has 32 heavy (non-hydrogen) atoms. The lowest BCUT2D eigenvalue weighted by molar-refractivity contribution is 0.164. The number of imidazole rings is 1. The molecular formula is C26H32FN5. The third-order valence-corrected chi connectivity index (χ3v) is 5.95. The number of hydrogen-bond acceptors (Lipinski definition) is 4. The van der Waals surface area contributed by atoms with Crippen molar-refractivity contribution in [2.45, 2.75) is 46.2 Å². The molecule has 0 fully saturated rings. The summed E-state index contributed by atoms with van der Waals surface area (Å²) in [6, 6.07) is 14.9. The van der Waals surface area contributed by atoms with Crippen molar-refractivity contribution in [3.63, 3.8) is 0 Å². The van der Waals surface area contributed by atoms with Gasteiger partial charge in [-0.3, -0.25) is 0 Å². The number of fused-ring (bicyclic) bond motifs is 1. The zero-order chi connectivity index (χ0) is 22.9. The maximum atomic E-state index is 13.6. The Kier molecular flexibility index (Phi) is 6.07. The van der Waals surface area contributed by atoms with Crippen molar-refractivity contribution < 1.29 is 4.39 Å². The second kappa shape index (κ2) is 8.79. The normalized spacial score (nSPS) is 15.6. The van der Waals surface area contributed by atoms with E-state index < -0.39 is 0 Å². The minimum Gasteiger partial charge on any atom is -0.364 e. The third-order valence-electron chi connectivity index (χ3n) is 5.95. The molecule has 0 saturated heterocycles. The van der Waals surface area contributed by atoms with Gasteiger partial charge in [0.25, 0.3) is 0 Å². The summed E-state index contributed by atoms with van der Waals surface area (Å²) in [5.74, 6) is 1.63. The van der Waals surface area contributed by atoms with Gasteiger partial charge in [-0.2, -0.15) is 0 Å². The van der Waals surface area contributed by atoms with Crippen molar-refractivity contribution in [3.8, 4) is 11.3 Å². The molecule has 2 aromatic carbocycles. The van der Waals surface area contributed by atoms with Crippen molar-refractivity contribution in [1.29, 1.82) is 0 Å². The van der Waals surface area contributed by atoms with Crippen LogP contribution < -0.4 is 11.1 Å². The lowest BCUT2D eigenvalue weighted by Crippen LogP contribution is -2.47. The van der Waals surface area contributed by atoms with Crippen LogP contribution in [0.5, 0.6) is 0 Å². The standard InChI is InChI=1S/C26H32FN5/c1-5-6-22(15-28)31-16-23-30-24(19-9-11-20(27)12-10-19)25(32(23)26(3,4)17-31)29-21-13-7-18(2)8-14-21/h6-14,29H,5,15-17,28H2,1-4H3/b22-6+. The summed E-state index contributed by atoms with van der Waals surface area (Å²) < 4.78 is 15.9. The molecule has 3 aromatic rings. The molecule has 1 aliphatic heterocycles. The summed E-state index contributed by atoms with van der Waals surface area (Å²) in [6.07, 6.45) is 3.14. The molecule has 0 aliphatic carbocycles. The van der Waals surface area contributed by atoms with Crippen LogP contribution in [-0.4, -0.2) is 27.5 Å². The Bertz CT molecular complexity index is 1110. The fourth-order valence-electron chi connectivity index (χ4n) is 4.47. The minimum atomic E-state index is -0.255. The van der Waals surface area contributed by atoms with Crippen LogP contribution in [-0.2, 0) is 12.1 Å². The van der Waals surface area contributed by atoms with E-state index in [1.807, 2.05) is 0 Å². The average Bonchev–Trinajstić information content (AvgIpc) is 3.13. The maximum Gasteiger partial charge on any atom is 0.139 e. The molecule has 1 aromatic heterocycles. The molecule has 0 atom stereocenters. The van der Waals surface area contributed by atoms with Gasteiger partial charge in [-0.1, -0.05) is 30.7 Å². The average molecular weight is 434 g/mol. The van der Waals surface area contributed by atoms with E-state index in [-0.39, 0.29) is 11.4 Å². The molecule has 0 amide bonds. The smallest absolute Gasteiger partial charge is 0.139 e. The quantitative estimate of drug-likeness (QED) is 0.535. The van der Waals surface area contributed by atoms with Gasteiger partial charge in [0.2, 0.25) is 0 Å². The largest absolute Gasteiger partial charge is 0.364 e. The number of rotatable bonds is 6. The van der Waals surface area contributed by atoms with Crippen LogP contribution in [0, 0.1) is 12.7 Å². The summed E-state index contributed by atoms with van der Waals surface area (Å²) >= 11 is 0. The summed E-state index contributed by atoms with van der Waals surface area (Å²) in [6.45, 7) is 10.6. The fraction of sp³-hybridized carbons (Fsp3) is 0.346. The van der Waals surface area contributed by atoms with E-state index in [1.54, 1.807) is 12.1 Å². The van der Waals surface area contributed by atoms with Gasteiger partial charge in [-0.25, -0.2) is 9.37 Å². The van der Waals surface area contributed by atoms with Crippen molar-refractivity contribution >= 4 is 11.5 Å². The number of aryl methyl sites for hydroxylation is 1. The van der Waals surface area contributed by atoms with Crippen LogP contribution in [0.25, 0.3) is 11.3 Å². The molecule has 0 bridgehead atoms. The first-order valence-electron chi connectivity index (χ1n) is 11.2. The zero-order valence-electron chi connectivity index (χ0n) is 19.3. The van der Waals surface area contributed by atoms with Crippen molar-refractivity contribution in [2.24, 2.45) is 5.73 Å². The Morgan fingerprint density at radius 3 is 2.47 bits per heavy atom. The second-order valence-corrected chi connectivity index (χ2v) is 9.03. The minimum absolute atomic E-state index is 0.228. The van der Waals surface area contributed by atoms with Crippen LogP contribution in [0.1, 0.15) is 38.6 Å². The summed E-state index contributed by atoms with van der Waals surface area (Å²) in [5.41, 5.74) is 10.9. The number of nitrogens with zero attached hydrogens (tertiary/aromatic N) is 3. The number of benzene rings is 2. The first-order valence-corrected chi connectivity index (χ1v) is 11.2. The molecule has 168 valence electrons. The van der Waals surface area contributed by atoms with Gasteiger partial charge >= 0.3 is 0 Å². The van der Waals surface area contributed by atoms with Gasteiger partial charge in [0.15, 0.2) is 0 Å². The summed E-state index contributed by atoms with van der Waals surface area (Å²) in [5, 5.41) is 3.61. The highest BCUT2D eigenvalue weighted by Crippen LogP contribution is 2.39. The maximum absolute atomic E-state index is 13.6. The SMILES string of the molecule is CC/C=C(\CN)N1Cc2nc(-c3ccc(F)cc3)c(Nc3ccc(C)cc3)n2C(C)(C)C1. The van der Waals surface area contributed by atoms with Crippen LogP contribution in [0.3, 0.4) is 0 Å². The summed E-state index contributed by atoms with van der Waals surface area (Å²) in [4.78, 5) is 7.38. The molecule has 0 spiro atoms. The van der Waals surface area contributed by atoms with E-state index in [4.69, 9.17) is 10.7 Å². The van der Waals surface area contributed by atoms with Crippen molar-refractivity contribution in [2.75, 3.05) is 18.4 Å². The highest BCUT2D eigenvalue weighted by molar-refractivity contribution is 5.77. The van der Waals surface area contributed by atoms with Gasteiger partial charge < -0.3 is 20.5 Å². The number of allylic oxidation sites excluding steroid dienone is 1. The van der Waals surface area contributed by atoms with Gasteiger partial charge in [0, 0.05) is 30.0 Å². The lowest BCUT2D eigenvalue weighted by atomic mass is 10.00. The van der Waals surface area contributed by atoms with Gasteiger partial charge in [0.1, 0.15) is 23.2 Å².